The molecule has 2 heterocycles. The first-order valence-electron chi connectivity index (χ1n) is 8.25. The van der Waals surface area contributed by atoms with Gasteiger partial charge in [0.1, 0.15) is 0 Å². The molecule has 0 radical (unpaired) electrons. The summed E-state index contributed by atoms with van der Waals surface area (Å²) in [6.45, 7) is 0. The standard InChI is InChI=1S/C18H28N2/c1-20-16-10-11-17(20)13-15(12-16)18(19)9-5-8-14-6-3-2-4-7-14/h2-4,6-7,15-18H,5,8-13,19H2,1H3. The summed E-state index contributed by atoms with van der Waals surface area (Å²) < 4.78 is 0. The Morgan fingerprint density at radius 2 is 1.80 bits per heavy atom. The number of fused-ring (bicyclic) bond motifs is 2. The molecule has 2 aliphatic heterocycles. The normalized spacial score (nSPS) is 31.4. The molecule has 110 valence electrons. The van der Waals surface area contributed by atoms with Crippen LogP contribution in [0.25, 0.3) is 0 Å². The van der Waals surface area contributed by atoms with E-state index >= 15 is 0 Å². The van der Waals surface area contributed by atoms with Gasteiger partial charge in [0.15, 0.2) is 0 Å². The summed E-state index contributed by atoms with van der Waals surface area (Å²) in [6, 6.07) is 12.8. The second-order valence-electron chi connectivity index (χ2n) is 6.82. The lowest BCUT2D eigenvalue weighted by Crippen LogP contribution is -2.45. The van der Waals surface area contributed by atoms with E-state index in [1.807, 2.05) is 0 Å². The molecule has 3 atom stereocenters. The summed E-state index contributed by atoms with van der Waals surface area (Å²) in [5.74, 6) is 0.763. The minimum atomic E-state index is 0.413. The van der Waals surface area contributed by atoms with E-state index in [0.717, 1.165) is 18.0 Å². The third kappa shape index (κ3) is 3.07. The molecule has 0 aliphatic carbocycles. The lowest BCUT2D eigenvalue weighted by atomic mass is 9.83. The van der Waals surface area contributed by atoms with Crippen LogP contribution in [0.2, 0.25) is 0 Å². The SMILES string of the molecule is CN1C2CCC1CC(C(N)CCCc1ccccc1)C2. The van der Waals surface area contributed by atoms with E-state index in [1.165, 1.54) is 50.5 Å². The van der Waals surface area contributed by atoms with E-state index in [1.54, 1.807) is 0 Å². The average Bonchev–Trinajstić information content (AvgIpc) is 2.69. The fraction of sp³-hybridized carbons (Fsp3) is 0.667. The first-order valence-corrected chi connectivity index (χ1v) is 8.25. The Hall–Kier alpha value is -0.860. The topological polar surface area (TPSA) is 29.3 Å². The van der Waals surface area contributed by atoms with Crippen LogP contribution in [0.3, 0.4) is 0 Å². The first kappa shape index (κ1) is 14.1. The zero-order valence-corrected chi connectivity index (χ0v) is 12.7. The molecule has 0 saturated carbocycles. The number of hydrogen-bond acceptors (Lipinski definition) is 2. The van der Waals surface area contributed by atoms with Crippen LogP contribution in [0.1, 0.15) is 44.1 Å². The van der Waals surface area contributed by atoms with E-state index < -0.39 is 0 Å². The Morgan fingerprint density at radius 1 is 1.15 bits per heavy atom. The fourth-order valence-electron chi connectivity index (χ4n) is 4.23. The van der Waals surface area contributed by atoms with Gasteiger partial charge in [-0.15, -0.1) is 0 Å². The zero-order chi connectivity index (χ0) is 13.9. The summed E-state index contributed by atoms with van der Waals surface area (Å²) in [7, 11) is 2.31. The molecular formula is C18H28N2. The lowest BCUT2D eigenvalue weighted by molar-refractivity contribution is 0.118. The molecule has 2 aliphatic rings. The maximum absolute atomic E-state index is 6.49. The van der Waals surface area contributed by atoms with Crippen molar-refractivity contribution in [3.8, 4) is 0 Å². The molecule has 3 rings (SSSR count). The van der Waals surface area contributed by atoms with Gasteiger partial charge in [0.25, 0.3) is 0 Å². The third-order valence-corrected chi connectivity index (χ3v) is 5.59. The highest BCUT2D eigenvalue weighted by Gasteiger charge is 2.39. The molecule has 2 nitrogen and oxygen atoms in total. The summed E-state index contributed by atoms with van der Waals surface area (Å²) in [5.41, 5.74) is 7.94. The van der Waals surface area contributed by atoms with Gasteiger partial charge < -0.3 is 10.6 Å². The second kappa shape index (κ2) is 6.28. The van der Waals surface area contributed by atoms with Crippen molar-refractivity contribution in [2.24, 2.45) is 11.7 Å². The van der Waals surface area contributed by atoms with Crippen LogP contribution in [0.15, 0.2) is 30.3 Å². The highest BCUT2D eigenvalue weighted by molar-refractivity contribution is 5.14. The predicted molar refractivity (Wildman–Crippen MR) is 84.7 cm³/mol. The highest BCUT2D eigenvalue weighted by Crippen LogP contribution is 2.38. The van der Waals surface area contributed by atoms with E-state index in [9.17, 15) is 0 Å². The maximum atomic E-state index is 6.49. The van der Waals surface area contributed by atoms with Crippen molar-refractivity contribution in [3.63, 3.8) is 0 Å². The van der Waals surface area contributed by atoms with Gasteiger partial charge in [-0.2, -0.15) is 0 Å². The third-order valence-electron chi connectivity index (χ3n) is 5.59. The number of nitrogens with two attached hydrogens (primary N) is 1. The minimum absolute atomic E-state index is 0.413. The number of aryl methyl sites for hydroxylation is 1. The van der Waals surface area contributed by atoms with E-state index in [2.05, 4.69) is 42.3 Å². The molecule has 2 N–H and O–H groups in total. The van der Waals surface area contributed by atoms with E-state index in [4.69, 9.17) is 5.73 Å². The van der Waals surface area contributed by atoms with Crippen molar-refractivity contribution in [1.82, 2.24) is 4.90 Å². The summed E-state index contributed by atoms with van der Waals surface area (Å²) in [5, 5.41) is 0. The molecule has 2 heteroatoms. The largest absolute Gasteiger partial charge is 0.327 e. The monoisotopic (exact) mass is 272 g/mol. The van der Waals surface area contributed by atoms with Gasteiger partial charge in [-0.3, -0.25) is 0 Å². The molecule has 1 aromatic carbocycles. The zero-order valence-electron chi connectivity index (χ0n) is 12.7. The van der Waals surface area contributed by atoms with Crippen molar-refractivity contribution in [1.29, 1.82) is 0 Å². The highest BCUT2D eigenvalue weighted by atomic mass is 15.2. The van der Waals surface area contributed by atoms with Crippen molar-refractivity contribution < 1.29 is 0 Å². The van der Waals surface area contributed by atoms with Crippen molar-refractivity contribution in [2.75, 3.05) is 7.05 Å². The number of rotatable bonds is 5. The van der Waals surface area contributed by atoms with Gasteiger partial charge in [-0.05, 0) is 63.5 Å². The maximum Gasteiger partial charge on any atom is 0.00989 e. The molecule has 2 saturated heterocycles. The second-order valence-corrected chi connectivity index (χ2v) is 6.82. The van der Waals surface area contributed by atoms with Crippen molar-refractivity contribution >= 4 is 0 Å². The average molecular weight is 272 g/mol. The Kier molecular flexibility index (Phi) is 4.42. The van der Waals surface area contributed by atoms with Crippen LogP contribution >= 0.6 is 0 Å². The molecule has 0 spiro atoms. The molecule has 0 amide bonds. The molecule has 2 bridgehead atoms. The van der Waals surface area contributed by atoms with Gasteiger partial charge in [-0.25, -0.2) is 0 Å². The van der Waals surface area contributed by atoms with Crippen LogP contribution in [0.5, 0.6) is 0 Å². The number of nitrogens with zero attached hydrogens (tertiary/aromatic N) is 1. The van der Waals surface area contributed by atoms with Crippen LogP contribution in [0.4, 0.5) is 0 Å². The van der Waals surface area contributed by atoms with Crippen LogP contribution in [-0.4, -0.2) is 30.1 Å². The van der Waals surface area contributed by atoms with E-state index in [0.29, 0.717) is 6.04 Å². The first-order chi connectivity index (χ1) is 9.74. The fourth-order valence-corrected chi connectivity index (χ4v) is 4.23. The van der Waals surface area contributed by atoms with Gasteiger partial charge in [0.05, 0.1) is 0 Å². The Bertz CT molecular complexity index is 403. The smallest absolute Gasteiger partial charge is 0.00989 e. The molecular weight excluding hydrogens is 244 g/mol. The number of benzene rings is 1. The molecule has 0 aromatic heterocycles. The number of hydrogen-bond donors (Lipinski definition) is 1. The Labute approximate surface area is 123 Å². The number of piperidine rings is 1. The lowest BCUT2D eigenvalue weighted by Gasteiger charge is -2.38. The van der Waals surface area contributed by atoms with Gasteiger partial charge >= 0.3 is 0 Å². The van der Waals surface area contributed by atoms with Crippen LogP contribution < -0.4 is 5.73 Å². The van der Waals surface area contributed by atoms with Crippen molar-refractivity contribution in [3.05, 3.63) is 35.9 Å². The van der Waals surface area contributed by atoms with Crippen molar-refractivity contribution in [2.45, 2.75) is 63.1 Å². The summed E-state index contributed by atoms with van der Waals surface area (Å²) >= 11 is 0. The quantitative estimate of drug-likeness (QED) is 0.892. The minimum Gasteiger partial charge on any atom is -0.327 e. The van der Waals surface area contributed by atoms with Gasteiger partial charge in [0, 0.05) is 18.1 Å². The Balaban J connectivity index is 1.44. The molecule has 3 unspecified atom stereocenters. The molecule has 2 fully saturated rings. The Morgan fingerprint density at radius 3 is 2.45 bits per heavy atom. The summed E-state index contributed by atoms with van der Waals surface area (Å²) in [4.78, 5) is 2.60. The molecule has 20 heavy (non-hydrogen) atoms. The predicted octanol–water partition coefficient (Wildman–Crippen LogP) is 3.21. The van der Waals surface area contributed by atoms with E-state index in [-0.39, 0.29) is 0 Å². The van der Waals surface area contributed by atoms with Gasteiger partial charge in [-0.1, -0.05) is 30.3 Å². The van der Waals surface area contributed by atoms with Crippen LogP contribution in [-0.2, 0) is 6.42 Å². The molecule has 1 aromatic rings. The van der Waals surface area contributed by atoms with Gasteiger partial charge in [0.2, 0.25) is 0 Å². The summed E-state index contributed by atoms with van der Waals surface area (Å²) in [6.07, 6.45) is 9.05. The van der Waals surface area contributed by atoms with Crippen LogP contribution in [0, 0.1) is 5.92 Å².